The molecule has 0 fully saturated rings. The summed E-state index contributed by atoms with van der Waals surface area (Å²) in [5, 5.41) is 22.7. The molecule has 0 aliphatic carbocycles. The van der Waals surface area contributed by atoms with Gasteiger partial charge in [-0.05, 0) is 24.5 Å². The minimum Gasteiger partial charge on any atom is -0.426 e. The summed E-state index contributed by atoms with van der Waals surface area (Å²) < 4.78 is 26.1. The monoisotopic (exact) mass is 362 g/mol. The van der Waals surface area contributed by atoms with Crippen molar-refractivity contribution in [2.75, 3.05) is 6.54 Å². The third kappa shape index (κ3) is 6.07. The van der Waals surface area contributed by atoms with Crippen molar-refractivity contribution < 1.29 is 28.4 Å². The lowest BCUT2D eigenvalue weighted by Gasteiger charge is -2.19. The number of benzene rings is 1. The van der Waals surface area contributed by atoms with Crippen molar-refractivity contribution in [1.82, 2.24) is 10.6 Å². The Morgan fingerprint density at radius 3 is 2.38 bits per heavy atom. The molecule has 10 heteroatoms. The van der Waals surface area contributed by atoms with E-state index < -0.39 is 43.1 Å². The molecule has 132 valence electrons. The molecular weight excluding hydrogens is 344 g/mol. The van der Waals surface area contributed by atoms with E-state index in [9.17, 15) is 28.4 Å². The van der Waals surface area contributed by atoms with E-state index in [0.717, 1.165) is 0 Å². The van der Waals surface area contributed by atoms with Crippen LogP contribution in [0.2, 0.25) is 5.02 Å². The summed E-state index contributed by atoms with van der Waals surface area (Å²) >= 11 is 5.66. The smallest absolute Gasteiger partial charge is 0.426 e. The predicted octanol–water partition coefficient (Wildman–Crippen LogP) is 0.891. The van der Waals surface area contributed by atoms with E-state index in [4.69, 9.17) is 11.6 Å². The molecule has 0 saturated carbocycles. The second-order valence-corrected chi connectivity index (χ2v) is 6.05. The van der Waals surface area contributed by atoms with E-state index in [1.807, 2.05) is 13.8 Å². The zero-order valence-electron chi connectivity index (χ0n) is 13.1. The van der Waals surface area contributed by atoms with Crippen molar-refractivity contribution in [1.29, 1.82) is 0 Å². The molecule has 4 N–H and O–H groups in total. The van der Waals surface area contributed by atoms with E-state index >= 15 is 0 Å². The van der Waals surface area contributed by atoms with Crippen LogP contribution >= 0.6 is 11.6 Å². The largest absolute Gasteiger partial charge is 0.475 e. The van der Waals surface area contributed by atoms with Gasteiger partial charge in [-0.1, -0.05) is 25.4 Å². The number of hydrogen-bond donors (Lipinski definition) is 4. The van der Waals surface area contributed by atoms with E-state index in [-0.39, 0.29) is 16.5 Å². The molecule has 1 aromatic rings. The fourth-order valence-corrected chi connectivity index (χ4v) is 2.21. The summed E-state index contributed by atoms with van der Waals surface area (Å²) in [6.07, 6.45) is 0.326. The second-order valence-electron chi connectivity index (χ2n) is 5.65. The third-order valence-electron chi connectivity index (χ3n) is 3.10. The van der Waals surface area contributed by atoms with Gasteiger partial charge < -0.3 is 20.7 Å². The van der Waals surface area contributed by atoms with E-state index in [1.165, 1.54) is 0 Å². The Labute approximate surface area is 143 Å². The van der Waals surface area contributed by atoms with Crippen LogP contribution in [-0.2, 0) is 4.79 Å². The number of hydrogen-bond acceptors (Lipinski definition) is 4. The van der Waals surface area contributed by atoms with Gasteiger partial charge >= 0.3 is 7.12 Å². The molecule has 1 rings (SSSR count). The number of amides is 2. The van der Waals surface area contributed by atoms with Crippen LogP contribution in [0, 0.1) is 17.6 Å². The zero-order valence-corrected chi connectivity index (χ0v) is 13.9. The van der Waals surface area contributed by atoms with Crippen LogP contribution in [0.5, 0.6) is 0 Å². The molecule has 1 atom stereocenters. The van der Waals surface area contributed by atoms with Crippen LogP contribution in [0.25, 0.3) is 0 Å². The van der Waals surface area contributed by atoms with Crippen molar-refractivity contribution in [3.63, 3.8) is 0 Å². The molecule has 0 aliphatic rings. The summed E-state index contributed by atoms with van der Waals surface area (Å²) in [6, 6.07) is 1.29. The molecule has 0 radical (unpaired) electrons. The number of nitrogens with one attached hydrogen (secondary N) is 2. The van der Waals surface area contributed by atoms with Gasteiger partial charge in [0.05, 0.1) is 23.1 Å². The van der Waals surface area contributed by atoms with Gasteiger partial charge in [-0.25, -0.2) is 8.78 Å². The van der Waals surface area contributed by atoms with Crippen LogP contribution in [0.15, 0.2) is 12.1 Å². The first-order chi connectivity index (χ1) is 11.1. The maximum absolute atomic E-state index is 13.2. The maximum atomic E-state index is 13.2. The summed E-state index contributed by atoms with van der Waals surface area (Å²) in [4.78, 5) is 23.6. The molecule has 0 bridgehead atoms. The van der Waals surface area contributed by atoms with Crippen molar-refractivity contribution in [3.8, 4) is 0 Å². The zero-order chi connectivity index (χ0) is 18.4. The SMILES string of the molecule is CC(C)C[C@H](NC(=O)CNC(=O)c1cc(F)c(F)cc1Cl)B(O)O. The first-order valence-corrected chi connectivity index (χ1v) is 7.57. The van der Waals surface area contributed by atoms with Crippen LogP contribution in [0.3, 0.4) is 0 Å². The minimum atomic E-state index is -1.74. The van der Waals surface area contributed by atoms with Gasteiger partial charge in [0.15, 0.2) is 11.6 Å². The van der Waals surface area contributed by atoms with Crippen LogP contribution in [0.1, 0.15) is 30.6 Å². The molecule has 6 nitrogen and oxygen atoms in total. The molecule has 2 amide bonds. The normalized spacial score (nSPS) is 12.0. The van der Waals surface area contributed by atoms with E-state index in [0.29, 0.717) is 18.6 Å². The van der Waals surface area contributed by atoms with Gasteiger partial charge in [-0.3, -0.25) is 9.59 Å². The Morgan fingerprint density at radius 2 is 1.83 bits per heavy atom. The molecule has 0 spiro atoms. The molecule has 0 aromatic heterocycles. The topological polar surface area (TPSA) is 98.7 Å². The third-order valence-corrected chi connectivity index (χ3v) is 3.41. The van der Waals surface area contributed by atoms with Crippen molar-refractivity contribution >= 4 is 30.5 Å². The molecule has 0 unspecified atom stereocenters. The highest BCUT2D eigenvalue weighted by molar-refractivity contribution is 6.43. The first-order valence-electron chi connectivity index (χ1n) is 7.20. The molecular formula is C14H18BClF2N2O4. The Morgan fingerprint density at radius 1 is 1.25 bits per heavy atom. The molecule has 1 aromatic carbocycles. The Bertz CT molecular complexity index is 617. The van der Waals surface area contributed by atoms with Gasteiger partial charge in [0.1, 0.15) is 0 Å². The number of carbonyl (C=O) groups excluding carboxylic acids is 2. The Balaban J connectivity index is 2.63. The van der Waals surface area contributed by atoms with Crippen LogP contribution in [0.4, 0.5) is 8.78 Å². The molecule has 0 saturated heterocycles. The lowest BCUT2D eigenvalue weighted by molar-refractivity contribution is -0.120. The quantitative estimate of drug-likeness (QED) is 0.428. The number of rotatable bonds is 7. The molecule has 0 aliphatic heterocycles. The predicted molar refractivity (Wildman–Crippen MR) is 85.3 cm³/mol. The fourth-order valence-electron chi connectivity index (χ4n) is 1.97. The van der Waals surface area contributed by atoms with E-state index in [2.05, 4.69) is 10.6 Å². The highest BCUT2D eigenvalue weighted by Crippen LogP contribution is 2.19. The average molecular weight is 363 g/mol. The minimum absolute atomic E-state index is 0.104. The molecule has 0 heterocycles. The first kappa shape index (κ1) is 20.3. The second kappa shape index (κ2) is 8.96. The highest BCUT2D eigenvalue weighted by Gasteiger charge is 2.26. The van der Waals surface area contributed by atoms with Crippen molar-refractivity contribution in [2.45, 2.75) is 26.2 Å². The van der Waals surface area contributed by atoms with Crippen LogP contribution < -0.4 is 10.6 Å². The van der Waals surface area contributed by atoms with Gasteiger partial charge in [-0.15, -0.1) is 0 Å². The Kier molecular flexibility index (Phi) is 7.59. The summed E-state index contributed by atoms with van der Waals surface area (Å²) in [5.41, 5.74) is -0.315. The van der Waals surface area contributed by atoms with Gasteiger partial charge in [0.25, 0.3) is 5.91 Å². The van der Waals surface area contributed by atoms with Crippen molar-refractivity contribution in [3.05, 3.63) is 34.4 Å². The molecule has 24 heavy (non-hydrogen) atoms. The lowest BCUT2D eigenvalue weighted by Crippen LogP contribution is -2.50. The van der Waals surface area contributed by atoms with Gasteiger partial charge in [-0.2, -0.15) is 0 Å². The number of halogens is 3. The van der Waals surface area contributed by atoms with Gasteiger partial charge in [0, 0.05) is 0 Å². The summed E-state index contributed by atoms with van der Waals surface area (Å²) in [7, 11) is -1.74. The van der Waals surface area contributed by atoms with Crippen LogP contribution in [-0.4, -0.2) is 41.5 Å². The fraction of sp³-hybridized carbons (Fsp3) is 0.429. The van der Waals surface area contributed by atoms with E-state index in [1.54, 1.807) is 0 Å². The lowest BCUT2D eigenvalue weighted by atomic mass is 9.75. The van der Waals surface area contributed by atoms with Gasteiger partial charge in [0.2, 0.25) is 5.91 Å². The number of carbonyl (C=O) groups is 2. The maximum Gasteiger partial charge on any atom is 0.475 e. The highest BCUT2D eigenvalue weighted by atomic mass is 35.5. The standard InChI is InChI=1S/C14H18BClF2N2O4/c1-7(2)3-12(15(23)24)20-13(21)6-19-14(22)8-4-10(17)11(18)5-9(8)16/h4-5,7,12,23-24H,3,6H2,1-2H3,(H,19,22)(H,20,21)/t12-/m0/s1. The Hall–Kier alpha value is -1.71. The van der Waals surface area contributed by atoms with Crippen molar-refractivity contribution in [2.24, 2.45) is 5.92 Å². The summed E-state index contributed by atoms with van der Waals surface area (Å²) in [5.74, 6) is -4.74. The average Bonchev–Trinajstić information content (AvgIpc) is 2.47. The summed E-state index contributed by atoms with van der Waals surface area (Å²) in [6.45, 7) is 3.19.